The van der Waals surface area contributed by atoms with E-state index in [9.17, 15) is 4.79 Å². The smallest absolute Gasteiger partial charge is 0.224 e. The molecule has 92 valence electrons. The Kier molecular flexibility index (Phi) is 4.31. The lowest BCUT2D eigenvalue weighted by Gasteiger charge is -2.05. The Hall–Kier alpha value is -1.87. The molecule has 1 aromatic carbocycles. The van der Waals surface area contributed by atoms with E-state index >= 15 is 0 Å². The lowest BCUT2D eigenvalue weighted by atomic mass is 10.1. The van der Waals surface area contributed by atoms with Gasteiger partial charge in [0.15, 0.2) is 0 Å². The fraction of sp³-hybridized carbons (Fsp3) is 0.143. The van der Waals surface area contributed by atoms with E-state index in [1.54, 1.807) is 30.6 Å². The van der Waals surface area contributed by atoms with E-state index in [0.717, 1.165) is 11.3 Å². The van der Waals surface area contributed by atoms with E-state index < -0.39 is 0 Å². The van der Waals surface area contributed by atoms with Crippen LogP contribution < -0.4 is 5.32 Å². The average Bonchev–Trinajstić information content (AvgIpc) is 2.38. The number of halogens is 1. The van der Waals surface area contributed by atoms with Crippen LogP contribution in [-0.2, 0) is 11.2 Å². The van der Waals surface area contributed by atoms with Crippen LogP contribution in [0.15, 0.2) is 48.8 Å². The predicted octanol–water partition coefficient (Wildman–Crippen LogP) is 3.31. The summed E-state index contributed by atoms with van der Waals surface area (Å²) >= 11 is 5.84. The molecule has 0 bridgehead atoms. The largest absolute Gasteiger partial charge is 0.326 e. The Morgan fingerprint density at radius 3 is 2.72 bits per heavy atom. The second-order valence-corrected chi connectivity index (χ2v) is 4.35. The standard InChI is InChI=1S/C14H13ClN2O/c15-12-2-1-3-13(10-12)17-14(18)5-4-11-6-8-16-9-7-11/h1-3,6-10H,4-5H2,(H,17,18). The molecule has 0 aliphatic heterocycles. The molecule has 0 spiro atoms. The zero-order valence-corrected chi connectivity index (χ0v) is 10.5. The molecule has 2 aromatic rings. The maximum atomic E-state index is 11.7. The first-order valence-electron chi connectivity index (χ1n) is 5.68. The third kappa shape index (κ3) is 3.86. The van der Waals surface area contributed by atoms with Crippen molar-refractivity contribution in [2.45, 2.75) is 12.8 Å². The van der Waals surface area contributed by atoms with Gasteiger partial charge in [-0.1, -0.05) is 17.7 Å². The molecule has 1 heterocycles. The average molecular weight is 261 g/mol. The minimum absolute atomic E-state index is 0.0194. The molecular formula is C14H13ClN2O. The van der Waals surface area contributed by atoms with E-state index in [1.165, 1.54) is 0 Å². The molecule has 0 fully saturated rings. The van der Waals surface area contributed by atoms with Crippen molar-refractivity contribution in [3.63, 3.8) is 0 Å². The lowest BCUT2D eigenvalue weighted by Crippen LogP contribution is -2.12. The Labute approximate surface area is 111 Å². The molecule has 3 nitrogen and oxygen atoms in total. The summed E-state index contributed by atoms with van der Waals surface area (Å²) in [6.07, 6.45) is 4.60. The van der Waals surface area contributed by atoms with E-state index in [4.69, 9.17) is 11.6 Å². The van der Waals surface area contributed by atoms with Crippen LogP contribution in [0.3, 0.4) is 0 Å². The molecule has 1 aromatic heterocycles. The van der Waals surface area contributed by atoms with Gasteiger partial charge in [0.25, 0.3) is 0 Å². The Morgan fingerprint density at radius 2 is 2.00 bits per heavy atom. The summed E-state index contributed by atoms with van der Waals surface area (Å²) < 4.78 is 0. The number of amides is 1. The van der Waals surface area contributed by atoms with Gasteiger partial charge in [0.1, 0.15) is 0 Å². The number of hydrogen-bond donors (Lipinski definition) is 1. The quantitative estimate of drug-likeness (QED) is 0.916. The third-order valence-corrected chi connectivity index (χ3v) is 2.73. The van der Waals surface area contributed by atoms with Crippen LogP contribution in [-0.4, -0.2) is 10.9 Å². The maximum Gasteiger partial charge on any atom is 0.224 e. The van der Waals surface area contributed by atoms with Crippen LogP contribution >= 0.6 is 11.6 Å². The van der Waals surface area contributed by atoms with Gasteiger partial charge in [-0.05, 0) is 42.3 Å². The summed E-state index contributed by atoms with van der Waals surface area (Å²) in [6, 6.07) is 10.9. The van der Waals surface area contributed by atoms with Crippen molar-refractivity contribution in [3.05, 3.63) is 59.4 Å². The van der Waals surface area contributed by atoms with Gasteiger partial charge in [0.05, 0.1) is 0 Å². The molecule has 0 saturated heterocycles. The minimum atomic E-state index is -0.0194. The predicted molar refractivity (Wildman–Crippen MR) is 72.6 cm³/mol. The molecule has 0 atom stereocenters. The Morgan fingerprint density at radius 1 is 1.22 bits per heavy atom. The first-order valence-corrected chi connectivity index (χ1v) is 6.06. The van der Waals surface area contributed by atoms with Crippen LogP contribution in [0.5, 0.6) is 0 Å². The van der Waals surface area contributed by atoms with Crippen molar-refractivity contribution in [2.75, 3.05) is 5.32 Å². The highest BCUT2D eigenvalue weighted by atomic mass is 35.5. The number of nitrogens with zero attached hydrogens (tertiary/aromatic N) is 1. The molecule has 0 radical (unpaired) electrons. The Balaban J connectivity index is 1.86. The molecule has 0 aliphatic carbocycles. The van der Waals surface area contributed by atoms with Gasteiger partial charge in [0, 0.05) is 29.5 Å². The van der Waals surface area contributed by atoms with Gasteiger partial charge in [-0.25, -0.2) is 0 Å². The lowest BCUT2D eigenvalue weighted by molar-refractivity contribution is -0.116. The number of nitrogens with one attached hydrogen (secondary N) is 1. The molecule has 0 aliphatic rings. The highest BCUT2D eigenvalue weighted by Crippen LogP contribution is 2.15. The highest BCUT2D eigenvalue weighted by Gasteiger charge is 2.03. The minimum Gasteiger partial charge on any atom is -0.326 e. The van der Waals surface area contributed by atoms with Crippen LogP contribution in [0, 0.1) is 0 Å². The van der Waals surface area contributed by atoms with Gasteiger partial charge >= 0.3 is 0 Å². The second-order valence-electron chi connectivity index (χ2n) is 3.91. The molecule has 18 heavy (non-hydrogen) atoms. The molecule has 0 unspecified atom stereocenters. The molecule has 2 rings (SSSR count). The van der Waals surface area contributed by atoms with Gasteiger partial charge in [-0.3, -0.25) is 9.78 Å². The van der Waals surface area contributed by atoms with E-state index in [1.807, 2.05) is 18.2 Å². The van der Waals surface area contributed by atoms with Crippen molar-refractivity contribution < 1.29 is 4.79 Å². The summed E-state index contributed by atoms with van der Waals surface area (Å²) in [4.78, 5) is 15.7. The van der Waals surface area contributed by atoms with Crippen molar-refractivity contribution in [1.29, 1.82) is 0 Å². The fourth-order valence-electron chi connectivity index (χ4n) is 1.60. The van der Waals surface area contributed by atoms with Gasteiger partial charge in [-0.15, -0.1) is 0 Å². The molecule has 4 heteroatoms. The number of aromatic nitrogens is 1. The number of benzene rings is 1. The maximum absolute atomic E-state index is 11.7. The molecular weight excluding hydrogens is 248 g/mol. The van der Waals surface area contributed by atoms with Crippen molar-refractivity contribution >= 4 is 23.2 Å². The molecule has 1 N–H and O–H groups in total. The SMILES string of the molecule is O=C(CCc1ccncc1)Nc1cccc(Cl)c1. The number of hydrogen-bond acceptors (Lipinski definition) is 2. The summed E-state index contributed by atoms with van der Waals surface area (Å²) in [6.45, 7) is 0. The van der Waals surface area contributed by atoms with Gasteiger partial charge < -0.3 is 5.32 Å². The van der Waals surface area contributed by atoms with Crippen LogP contribution in [0.1, 0.15) is 12.0 Å². The normalized spacial score (nSPS) is 10.1. The highest BCUT2D eigenvalue weighted by molar-refractivity contribution is 6.30. The van der Waals surface area contributed by atoms with E-state index in [2.05, 4.69) is 10.3 Å². The van der Waals surface area contributed by atoms with Gasteiger partial charge in [-0.2, -0.15) is 0 Å². The zero-order valence-electron chi connectivity index (χ0n) is 9.77. The second kappa shape index (κ2) is 6.17. The summed E-state index contributed by atoms with van der Waals surface area (Å²) in [5.74, 6) is -0.0194. The van der Waals surface area contributed by atoms with Crippen LogP contribution in [0.2, 0.25) is 5.02 Å². The molecule has 0 saturated carbocycles. The van der Waals surface area contributed by atoms with Crippen molar-refractivity contribution in [3.8, 4) is 0 Å². The fourth-order valence-corrected chi connectivity index (χ4v) is 1.79. The first-order chi connectivity index (χ1) is 8.74. The van der Waals surface area contributed by atoms with E-state index in [0.29, 0.717) is 17.9 Å². The number of aryl methyl sites for hydroxylation is 1. The van der Waals surface area contributed by atoms with Crippen LogP contribution in [0.4, 0.5) is 5.69 Å². The number of anilines is 1. The first kappa shape index (κ1) is 12.6. The summed E-state index contributed by atoms with van der Waals surface area (Å²) in [5, 5.41) is 3.43. The van der Waals surface area contributed by atoms with Crippen LogP contribution in [0.25, 0.3) is 0 Å². The van der Waals surface area contributed by atoms with Gasteiger partial charge in [0.2, 0.25) is 5.91 Å². The number of carbonyl (C=O) groups excluding carboxylic acids is 1. The third-order valence-electron chi connectivity index (χ3n) is 2.50. The van der Waals surface area contributed by atoms with Crippen molar-refractivity contribution in [1.82, 2.24) is 4.98 Å². The summed E-state index contributed by atoms with van der Waals surface area (Å²) in [5.41, 5.74) is 1.83. The topological polar surface area (TPSA) is 42.0 Å². The number of carbonyl (C=O) groups is 1. The van der Waals surface area contributed by atoms with E-state index in [-0.39, 0.29) is 5.91 Å². The monoisotopic (exact) mass is 260 g/mol. The Bertz CT molecular complexity index is 528. The summed E-state index contributed by atoms with van der Waals surface area (Å²) in [7, 11) is 0. The van der Waals surface area contributed by atoms with Crippen molar-refractivity contribution in [2.24, 2.45) is 0 Å². The number of pyridine rings is 1. The molecule has 1 amide bonds. The zero-order chi connectivity index (χ0) is 12.8. The number of rotatable bonds is 4.